The molecular formula is C62H68F4N30O25P6S8. The van der Waals surface area contributed by atoms with Gasteiger partial charge in [-0.2, -0.15) is 19.6 Å². The van der Waals surface area contributed by atoms with E-state index in [1.807, 2.05) is 0 Å². The fraction of sp³-hybridized carbons (Fsp3) is 0.484. The molecule has 73 heteroatoms. The smallest absolute Gasteiger partial charge is 0.383 e. The molecule has 0 radical (unpaired) electrons. The number of anilines is 6. The van der Waals surface area contributed by atoms with Gasteiger partial charge in [0.05, 0.1) is 81.7 Å². The maximum atomic E-state index is 16.0. The van der Waals surface area contributed by atoms with Gasteiger partial charge in [-0.1, -0.05) is 23.4 Å². The van der Waals surface area contributed by atoms with Crippen molar-refractivity contribution in [3.8, 4) is 12.3 Å². The Bertz CT molecular complexity index is 7250. The number of halogens is 4. The Morgan fingerprint density at radius 2 is 0.963 bits per heavy atom. The minimum absolute atomic E-state index is 0.0151. The summed E-state index contributed by atoms with van der Waals surface area (Å²) in [6.45, 7) is -28.4. The summed E-state index contributed by atoms with van der Waals surface area (Å²) in [6, 6.07) is 1.61. The van der Waals surface area contributed by atoms with Crippen molar-refractivity contribution in [1.82, 2.24) is 118 Å². The minimum atomic E-state index is -4.39. The summed E-state index contributed by atoms with van der Waals surface area (Å²) in [5.74, 6) is 2.19. The fourth-order valence-corrected chi connectivity index (χ4v) is 27.9. The van der Waals surface area contributed by atoms with Crippen molar-refractivity contribution in [2.24, 2.45) is 0 Å². The third-order valence-corrected chi connectivity index (χ3v) is 34.4. The lowest BCUT2D eigenvalue weighted by molar-refractivity contribution is -0.0891. The van der Waals surface area contributed by atoms with E-state index < -0.39 is 216 Å². The lowest BCUT2D eigenvalue weighted by Crippen LogP contribution is -2.43. The number of hydrogen-bond acceptors (Lipinski definition) is 48. The number of alkyl halides is 4. The van der Waals surface area contributed by atoms with E-state index in [1.54, 1.807) is 10.6 Å². The number of nitrogens with zero attached hydrogens (tertiary/aromatic N) is 21. The zero-order valence-electron chi connectivity index (χ0n) is 67.3. The van der Waals surface area contributed by atoms with Crippen LogP contribution in [0.25, 0.3) is 66.9 Å². The molecule has 9 fully saturated rings. The molecule has 12 aromatic heterocycles. The monoisotopic (exact) mass is 2150 g/mol. The highest BCUT2D eigenvalue weighted by Crippen LogP contribution is 2.63. The quantitative estimate of drug-likeness (QED) is 0.0489. The van der Waals surface area contributed by atoms with E-state index in [0.717, 1.165) is 16.4 Å². The second kappa shape index (κ2) is 36.8. The molecule has 6 unspecified atom stereocenters. The lowest BCUT2D eigenvalue weighted by Gasteiger charge is -2.32. The van der Waals surface area contributed by atoms with Gasteiger partial charge in [-0.3, -0.25) is 74.7 Å². The van der Waals surface area contributed by atoms with Crippen LogP contribution in [-0.4, -0.2) is 277 Å². The first-order valence-corrected chi connectivity index (χ1v) is 56.5. The van der Waals surface area contributed by atoms with Gasteiger partial charge in [0.15, 0.2) is 99.2 Å². The van der Waals surface area contributed by atoms with E-state index in [2.05, 4.69) is 108 Å². The van der Waals surface area contributed by atoms with Crippen molar-refractivity contribution in [2.75, 3.05) is 74.0 Å². The van der Waals surface area contributed by atoms with Gasteiger partial charge in [-0.15, -0.1) is 35.0 Å². The van der Waals surface area contributed by atoms with Gasteiger partial charge in [0, 0.05) is 17.9 Å². The number of nitrogens with two attached hydrogens (primary N) is 6. The van der Waals surface area contributed by atoms with Crippen LogP contribution >= 0.6 is 76.2 Å². The Labute approximate surface area is 787 Å². The van der Waals surface area contributed by atoms with Gasteiger partial charge in [-0.05, 0) is 71.5 Å². The first-order valence-electron chi connectivity index (χ1n) is 38.9. The average Bonchev–Trinajstić information content (AvgIpc) is 1.61. The van der Waals surface area contributed by atoms with Crippen molar-refractivity contribution in [1.29, 1.82) is 0 Å². The first kappa shape index (κ1) is 96.3. The number of fused-ring (bicyclic) bond motifs is 15. The molecule has 6 bridgehead atoms. The number of hydrogen-bond donors (Lipinski definition) is 15. The second-order valence-electron chi connectivity index (χ2n) is 30.4. The molecule has 55 nitrogen and oxygen atoms in total. The highest BCUT2D eigenvalue weighted by molar-refractivity contribution is 8.44. The van der Waals surface area contributed by atoms with Gasteiger partial charge in [-0.25, -0.2) is 72.0 Å². The van der Waals surface area contributed by atoms with Crippen molar-refractivity contribution < 1.29 is 120 Å². The summed E-state index contributed by atoms with van der Waals surface area (Å²) in [4.78, 5) is 152. The summed E-state index contributed by atoms with van der Waals surface area (Å²) in [7, 11) is 0. The zero-order valence-corrected chi connectivity index (χ0v) is 79.3. The molecule has 0 saturated carbocycles. The van der Waals surface area contributed by atoms with Gasteiger partial charge in [0.25, 0.3) is 16.7 Å². The average molecular weight is 2150 g/mol. The summed E-state index contributed by atoms with van der Waals surface area (Å²) in [6.07, 6.45) is -8.94. The van der Waals surface area contributed by atoms with Crippen LogP contribution in [0.2, 0.25) is 0 Å². The molecule has 12 aromatic rings. The van der Waals surface area contributed by atoms with Crippen LogP contribution in [-0.2, 0) is 137 Å². The van der Waals surface area contributed by atoms with Gasteiger partial charge >= 0.3 is 40.4 Å². The molecule has 135 heavy (non-hydrogen) atoms. The third kappa shape index (κ3) is 19.0. The standard InChI is InChI=1S/C21H22FN11O9P2S2.C21H24FN9O8P2S3.C20H22F2N10O8P2S3/c1-2-21-5-38-44(36,46)42-14-11(22)8(39-19(14)33-17-13(30-31-33)18(34)29-20(24)28-17)4-37-43(35,45)41-9(21)3-10(40-21)32-7-27-12-15(23)25-6-26-16(12)32;22-12-14-11(37-19(12)30-2-1-9-15(23)25-6-26-16(9)30)5-36-40(33,42)38-10-3-8(4-35-41(34,43)39-14)44-20(10)31-7-27-13-17(31)28-21(24)29-18(13)32;21-8-7-2-37-42(35,44)39-12-6(38-18(9(12)22)31-4-27-10-14(23)25-3-26-15(10)31)1-36-41(34,43)40-13(8)19(45-7)32-5-28-11-16(32)29-20(24)30-17(11)33/h1,6-11,14,19H,3-5H2,(H,35,45)(H,36,46)(H2,23,25,26)(H3,24,28,29,34);1-2,6-8,10-12,14,19-20H,3-5H2,(H,33,42)(H,34,43)(H2,23,25,26)(H3,24,28,29,32);3-9,12-13,18-19H,1-2H2,(H,34,43)(H,35,44)(H2,23,25,26)(H3,24,29,30,33)/t8-,9+,10-,11+,14-,19-,21-,43?,44?;8-,10+,11+,12-,14+,19+,20+,40?,41?;6-,7-,8-,9+,12-,13-,18-,19-,41?,42?/m101/s1. The van der Waals surface area contributed by atoms with Crippen LogP contribution in [0.5, 0.6) is 0 Å². The molecule has 9 aliphatic heterocycles. The number of nitrogen functional groups attached to an aromatic ring is 6. The SMILES string of the molecule is C#C[C@@]12COP(O)(=S)O[C@@H]3[C@@H](F)[C@@H](COP(=O)(S)O[C@H]1C[C@H](n1cnc4c(N)ncnc41)O2)O[C@H]3n1nnc2c(=O)[nH]c(N)nc21.Nc1nc2c(ncn2[C@@H]2S[C@@H]3COP(O)(=S)O[C@H]4[C@H](F)[C@H](n5ccc6c(N)ncnc65)O[C@@H]4COP(O)(=S)O[C@@H]2C3)c(=O)[nH]1.Nc1nc2c(ncn2[C@@H]2S[C@@H]3COP(O)(=S)O[C@H]4[C@H](F)[C@H](n5cnc6c(N)ncnc65)O[C@@H]4COP(O)(=S)O[C@@H]2[C@@H]3F)c(=O)[nH]1. The first-order chi connectivity index (χ1) is 64.0. The van der Waals surface area contributed by atoms with Crippen LogP contribution < -0.4 is 51.1 Å². The number of ether oxygens (including phenoxy) is 4. The second-order valence-corrected chi connectivity index (χ2v) is 50.0. The van der Waals surface area contributed by atoms with Crippen molar-refractivity contribution in [3.63, 3.8) is 0 Å². The van der Waals surface area contributed by atoms with E-state index in [9.17, 15) is 43.4 Å². The zero-order chi connectivity index (χ0) is 95.4. The molecule has 21 rings (SSSR count). The van der Waals surface area contributed by atoms with E-state index in [4.69, 9.17) is 173 Å². The Hall–Kier alpha value is -7.53. The van der Waals surface area contributed by atoms with E-state index in [-0.39, 0.29) is 110 Å². The Kier molecular flexibility index (Phi) is 26.3. The van der Waals surface area contributed by atoms with Crippen molar-refractivity contribution in [2.45, 2.75) is 144 Å². The number of aromatic amines is 3. The van der Waals surface area contributed by atoms with Gasteiger partial charge < -0.3 is 110 Å². The lowest BCUT2D eigenvalue weighted by atomic mass is 9.99. The number of terminal acetylenes is 1. The van der Waals surface area contributed by atoms with Crippen molar-refractivity contribution in [3.05, 3.63) is 87.6 Å². The summed E-state index contributed by atoms with van der Waals surface area (Å²) in [5.41, 5.74) is 32.1. The highest BCUT2D eigenvalue weighted by atomic mass is 32.7. The highest BCUT2D eigenvalue weighted by Gasteiger charge is 2.59. The van der Waals surface area contributed by atoms with Crippen LogP contribution in [0.3, 0.4) is 0 Å². The van der Waals surface area contributed by atoms with E-state index >= 15 is 17.6 Å². The summed E-state index contributed by atoms with van der Waals surface area (Å²) < 4.78 is 177. The number of thioether (sulfide) groups is 2. The topological polar surface area (TPSA) is 744 Å². The third-order valence-electron chi connectivity index (χ3n) is 22.0. The van der Waals surface area contributed by atoms with E-state index in [1.165, 1.54) is 80.5 Å². The molecular weight excluding hydrogens is 2080 g/mol. The maximum Gasteiger partial charge on any atom is 0.386 e. The summed E-state index contributed by atoms with van der Waals surface area (Å²) in [5, 5.41) is 4.97. The van der Waals surface area contributed by atoms with Crippen LogP contribution in [0.1, 0.15) is 48.5 Å². The summed E-state index contributed by atoms with van der Waals surface area (Å²) >= 11 is 32.6. The van der Waals surface area contributed by atoms with Crippen molar-refractivity contribution >= 4 is 237 Å². The number of H-pyrrole nitrogens is 3. The van der Waals surface area contributed by atoms with E-state index in [0.29, 0.717) is 16.7 Å². The molecule has 9 aliphatic rings. The van der Waals surface area contributed by atoms with Crippen LogP contribution in [0.15, 0.2) is 70.9 Å². The Morgan fingerprint density at radius 1 is 0.481 bits per heavy atom. The van der Waals surface area contributed by atoms with Crippen LogP contribution in [0, 0.1) is 12.3 Å². The molecule has 0 spiro atoms. The molecule has 0 aliphatic carbocycles. The number of imidazole rings is 4. The Morgan fingerprint density at radius 3 is 1.57 bits per heavy atom. The molecule has 722 valence electrons. The molecule has 0 amide bonds. The van der Waals surface area contributed by atoms with Gasteiger partial charge in [0.1, 0.15) is 113 Å². The number of aromatic nitrogens is 24. The number of rotatable bonds is 6. The predicted octanol–water partition coefficient (Wildman–Crippen LogP) is 1.90. The Balaban J connectivity index is 0.000000130. The maximum absolute atomic E-state index is 16.0. The minimum Gasteiger partial charge on any atom is -0.383 e. The largest absolute Gasteiger partial charge is 0.386 e. The molecule has 9 saturated heterocycles. The molecule has 0 aromatic carbocycles. The van der Waals surface area contributed by atoms with Crippen LogP contribution in [0.4, 0.5) is 52.9 Å². The van der Waals surface area contributed by atoms with Gasteiger partial charge in [0.2, 0.25) is 17.8 Å². The molecule has 21 heterocycles. The molecule has 20 N–H and O–H groups in total. The predicted molar refractivity (Wildman–Crippen MR) is 484 cm³/mol. The fourth-order valence-electron chi connectivity index (χ4n) is 15.9. The number of nitrogens with one attached hydrogen (secondary N) is 3. The normalized spacial score (nSPS) is 37.1. The molecule has 28 atom stereocenters. The number of thiol groups is 1.